The number of carbonyl (C=O) groups excluding carboxylic acids is 1. The van der Waals surface area contributed by atoms with E-state index in [0.717, 1.165) is 0 Å². The summed E-state index contributed by atoms with van der Waals surface area (Å²) in [7, 11) is 0. The first-order chi connectivity index (χ1) is 10.1. The summed E-state index contributed by atoms with van der Waals surface area (Å²) in [6.45, 7) is 1.80. The maximum Gasteiger partial charge on any atom is 0.294 e. The van der Waals surface area contributed by atoms with Gasteiger partial charge in [-0.3, -0.25) is 9.78 Å². The number of amides is 1. The first-order valence-corrected chi connectivity index (χ1v) is 6.50. The van der Waals surface area contributed by atoms with Crippen molar-refractivity contribution in [1.29, 1.82) is 0 Å². The monoisotopic (exact) mass is 302 g/mol. The third-order valence-electron chi connectivity index (χ3n) is 3.00. The molecule has 0 aromatic carbocycles. The number of nitrogen functional groups attached to an aromatic ring is 1. The van der Waals surface area contributed by atoms with Crippen LogP contribution < -0.4 is 11.1 Å². The molecule has 3 rings (SSSR count). The van der Waals surface area contributed by atoms with E-state index >= 15 is 0 Å². The number of halogens is 1. The highest BCUT2D eigenvalue weighted by molar-refractivity contribution is 6.30. The number of fused-ring (bicyclic) bond motifs is 1. The van der Waals surface area contributed by atoms with Crippen molar-refractivity contribution in [2.24, 2.45) is 0 Å². The molecule has 0 saturated heterocycles. The molecule has 0 radical (unpaired) electrons. The third kappa shape index (κ3) is 2.41. The summed E-state index contributed by atoms with van der Waals surface area (Å²) in [6.07, 6.45) is 3.04. The second-order valence-corrected chi connectivity index (χ2v) is 4.87. The van der Waals surface area contributed by atoms with Crippen LogP contribution in [0.4, 0.5) is 11.5 Å². The van der Waals surface area contributed by atoms with Crippen LogP contribution in [-0.2, 0) is 0 Å². The summed E-state index contributed by atoms with van der Waals surface area (Å²) in [5.74, 6) is -0.0742. The number of hydrogen-bond acceptors (Lipinski definition) is 5. The van der Waals surface area contributed by atoms with E-state index in [1.807, 2.05) is 0 Å². The lowest BCUT2D eigenvalue weighted by Crippen LogP contribution is -2.13. The van der Waals surface area contributed by atoms with Crippen molar-refractivity contribution >= 4 is 40.0 Å². The predicted octanol–water partition coefficient (Wildman–Crippen LogP) is 3.02. The number of nitrogens with zero attached hydrogens (tertiary/aromatic N) is 2. The highest BCUT2D eigenvalue weighted by Gasteiger charge is 2.20. The zero-order chi connectivity index (χ0) is 15.0. The second-order valence-electron chi connectivity index (χ2n) is 4.43. The van der Waals surface area contributed by atoms with E-state index < -0.39 is 5.91 Å². The van der Waals surface area contributed by atoms with Crippen LogP contribution in [-0.4, -0.2) is 15.9 Å². The van der Waals surface area contributed by atoms with Gasteiger partial charge in [0.05, 0.1) is 21.8 Å². The molecule has 106 valence electrons. The predicted molar refractivity (Wildman–Crippen MR) is 80.4 cm³/mol. The number of furan rings is 1. The van der Waals surface area contributed by atoms with Gasteiger partial charge in [0, 0.05) is 12.4 Å². The molecule has 1 amide bonds. The lowest BCUT2D eigenvalue weighted by atomic mass is 10.2. The number of hydrogen-bond donors (Lipinski definition) is 2. The minimum Gasteiger partial charge on any atom is -0.448 e. The van der Waals surface area contributed by atoms with E-state index in [1.165, 1.54) is 6.20 Å². The fourth-order valence-electron chi connectivity index (χ4n) is 2.03. The van der Waals surface area contributed by atoms with Crippen molar-refractivity contribution in [3.63, 3.8) is 0 Å². The summed E-state index contributed by atoms with van der Waals surface area (Å²) in [4.78, 5) is 20.3. The summed E-state index contributed by atoms with van der Waals surface area (Å²) in [5, 5.41) is 3.73. The fraction of sp³-hybridized carbons (Fsp3) is 0.0714. The Labute approximate surface area is 124 Å². The van der Waals surface area contributed by atoms with Crippen LogP contribution >= 0.6 is 11.6 Å². The van der Waals surface area contributed by atoms with Crippen molar-refractivity contribution in [2.75, 3.05) is 11.1 Å². The van der Waals surface area contributed by atoms with Gasteiger partial charge < -0.3 is 15.5 Å². The maximum absolute atomic E-state index is 12.2. The third-order valence-corrected chi connectivity index (χ3v) is 3.23. The molecular formula is C14H11ClN4O2. The average molecular weight is 303 g/mol. The first-order valence-electron chi connectivity index (χ1n) is 6.13. The Balaban J connectivity index is 1.96. The van der Waals surface area contributed by atoms with Gasteiger partial charge >= 0.3 is 0 Å². The van der Waals surface area contributed by atoms with Crippen molar-refractivity contribution in [1.82, 2.24) is 9.97 Å². The van der Waals surface area contributed by atoms with Gasteiger partial charge in [-0.2, -0.15) is 0 Å². The van der Waals surface area contributed by atoms with Crippen molar-refractivity contribution in [3.05, 3.63) is 47.1 Å². The van der Waals surface area contributed by atoms with Gasteiger partial charge in [0.25, 0.3) is 5.91 Å². The standard InChI is InChI=1S/C14H11ClN4O2/c1-7-11-9(4-5-17-7)21-13(12(11)16)14(20)19-10-3-2-8(15)6-18-10/h2-6H,16H2,1H3,(H,18,19,20). The Morgan fingerprint density at radius 1 is 1.33 bits per heavy atom. The largest absolute Gasteiger partial charge is 0.448 e. The van der Waals surface area contributed by atoms with Gasteiger partial charge in [-0.05, 0) is 25.1 Å². The molecule has 3 N–H and O–H groups in total. The second kappa shape index (κ2) is 5.06. The number of rotatable bonds is 2. The Kier molecular flexibility index (Phi) is 3.23. The lowest BCUT2D eigenvalue weighted by molar-refractivity contribution is 0.0999. The van der Waals surface area contributed by atoms with Crippen LogP contribution in [0.25, 0.3) is 11.0 Å². The van der Waals surface area contributed by atoms with Crippen LogP contribution in [0, 0.1) is 6.92 Å². The highest BCUT2D eigenvalue weighted by Crippen LogP contribution is 2.30. The smallest absolute Gasteiger partial charge is 0.294 e. The van der Waals surface area contributed by atoms with E-state index in [4.69, 9.17) is 21.8 Å². The number of aryl methyl sites for hydroxylation is 1. The number of aromatic nitrogens is 2. The molecule has 0 fully saturated rings. The number of pyridine rings is 2. The van der Waals surface area contributed by atoms with Gasteiger partial charge in [-0.15, -0.1) is 0 Å². The van der Waals surface area contributed by atoms with Gasteiger partial charge in [0.1, 0.15) is 11.4 Å². The molecule has 0 saturated carbocycles. The molecule has 3 aromatic rings. The summed E-state index contributed by atoms with van der Waals surface area (Å²) < 4.78 is 5.51. The van der Waals surface area contributed by atoms with Crippen molar-refractivity contribution in [2.45, 2.75) is 6.92 Å². The molecule has 0 spiro atoms. The quantitative estimate of drug-likeness (QED) is 0.759. The van der Waals surface area contributed by atoms with Crippen LogP contribution in [0.1, 0.15) is 16.2 Å². The molecule has 0 aliphatic heterocycles. The summed E-state index contributed by atoms with van der Waals surface area (Å²) >= 11 is 5.74. The number of nitrogens with one attached hydrogen (secondary N) is 1. The van der Waals surface area contributed by atoms with Gasteiger partial charge in [-0.25, -0.2) is 4.98 Å². The molecule has 3 heterocycles. The molecular weight excluding hydrogens is 292 g/mol. The Hall–Kier alpha value is -2.60. The lowest BCUT2D eigenvalue weighted by Gasteiger charge is -2.02. The molecule has 0 aliphatic carbocycles. The number of anilines is 2. The van der Waals surface area contributed by atoms with Crippen LogP contribution in [0.2, 0.25) is 5.02 Å². The minimum absolute atomic E-state index is 0.0397. The van der Waals surface area contributed by atoms with Gasteiger partial charge in [0.15, 0.2) is 0 Å². The van der Waals surface area contributed by atoms with Crippen LogP contribution in [0.3, 0.4) is 0 Å². The van der Waals surface area contributed by atoms with Crippen molar-refractivity contribution < 1.29 is 9.21 Å². The Bertz CT molecular complexity index is 827. The maximum atomic E-state index is 12.2. The van der Waals surface area contributed by atoms with Crippen LogP contribution in [0.5, 0.6) is 0 Å². The van der Waals surface area contributed by atoms with Gasteiger partial charge in [-0.1, -0.05) is 11.6 Å². The van der Waals surface area contributed by atoms with Crippen LogP contribution in [0.15, 0.2) is 35.0 Å². The Morgan fingerprint density at radius 2 is 2.14 bits per heavy atom. The average Bonchev–Trinajstić information content (AvgIpc) is 2.80. The highest BCUT2D eigenvalue weighted by atomic mass is 35.5. The molecule has 0 aliphatic rings. The summed E-state index contributed by atoms with van der Waals surface area (Å²) in [5.41, 5.74) is 7.48. The summed E-state index contributed by atoms with van der Waals surface area (Å²) in [6, 6.07) is 4.88. The van der Waals surface area contributed by atoms with E-state index in [-0.39, 0.29) is 11.4 Å². The normalized spacial score (nSPS) is 10.8. The van der Waals surface area contributed by atoms with Crippen molar-refractivity contribution in [3.8, 4) is 0 Å². The van der Waals surface area contributed by atoms with E-state index in [0.29, 0.717) is 27.5 Å². The SMILES string of the molecule is Cc1nccc2oc(C(=O)Nc3ccc(Cl)cn3)c(N)c12. The zero-order valence-electron chi connectivity index (χ0n) is 11.1. The molecule has 7 heteroatoms. The molecule has 6 nitrogen and oxygen atoms in total. The first kappa shape index (κ1) is 13.4. The molecule has 0 bridgehead atoms. The molecule has 21 heavy (non-hydrogen) atoms. The molecule has 3 aromatic heterocycles. The van der Waals surface area contributed by atoms with Gasteiger partial charge in [0.2, 0.25) is 5.76 Å². The minimum atomic E-state index is -0.474. The fourth-order valence-corrected chi connectivity index (χ4v) is 2.14. The zero-order valence-corrected chi connectivity index (χ0v) is 11.8. The number of nitrogens with two attached hydrogens (primary N) is 1. The molecule has 0 unspecified atom stereocenters. The van der Waals surface area contributed by atoms with E-state index in [2.05, 4.69) is 15.3 Å². The van der Waals surface area contributed by atoms with E-state index in [9.17, 15) is 4.79 Å². The number of carbonyl (C=O) groups is 1. The molecule has 0 atom stereocenters. The Morgan fingerprint density at radius 3 is 2.81 bits per heavy atom. The topological polar surface area (TPSA) is 94.0 Å². The van der Waals surface area contributed by atoms with E-state index in [1.54, 1.807) is 31.3 Å².